The van der Waals surface area contributed by atoms with Gasteiger partial charge in [-0.15, -0.1) is 0 Å². The van der Waals surface area contributed by atoms with Crippen molar-refractivity contribution in [3.63, 3.8) is 0 Å². The normalized spacial score (nSPS) is 15.2. The molecule has 1 saturated heterocycles. The van der Waals surface area contributed by atoms with Gasteiger partial charge in [0.15, 0.2) is 11.5 Å². The zero-order valence-corrected chi connectivity index (χ0v) is 25.2. The first-order valence-electron chi connectivity index (χ1n) is 14.6. The minimum atomic E-state index is -0.646. The highest BCUT2D eigenvalue weighted by atomic mass is 16.5. The highest BCUT2D eigenvalue weighted by Gasteiger charge is 2.39. The molecule has 3 amide bonds. The van der Waals surface area contributed by atoms with E-state index in [0.717, 1.165) is 55.2 Å². The molecule has 0 saturated carbocycles. The summed E-state index contributed by atoms with van der Waals surface area (Å²) >= 11 is 0. The Morgan fingerprint density at radius 3 is 2.12 bits per heavy atom. The Morgan fingerprint density at radius 2 is 1.54 bits per heavy atom. The molecule has 9 nitrogen and oxygen atoms in total. The maximum Gasteiger partial charge on any atom is 0.246 e. The number of hydrogen-bond acceptors (Lipinski definition) is 6. The monoisotopic (exact) mass is 567 g/mol. The van der Waals surface area contributed by atoms with Crippen LogP contribution in [0.3, 0.4) is 0 Å². The van der Waals surface area contributed by atoms with Crippen molar-refractivity contribution in [1.82, 2.24) is 15.1 Å². The number of nitrogens with zero attached hydrogens (tertiary/aromatic N) is 2. The van der Waals surface area contributed by atoms with Gasteiger partial charge in [-0.05, 0) is 41.7 Å². The van der Waals surface area contributed by atoms with Gasteiger partial charge < -0.3 is 29.3 Å². The summed E-state index contributed by atoms with van der Waals surface area (Å²) in [7, 11) is 4.73. The van der Waals surface area contributed by atoms with Gasteiger partial charge in [-0.25, -0.2) is 0 Å². The van der Waals surface area contributed by atoms with Gasteiger partial charge >= 0.3 is 0 Å². The summed E-state index contributed by atoms with van der Waals surface area (Å²) in [6.45, 7) is 5.14. The molecule has 1 atom stereocenters. The predicted octanol–water partition coefficient (Wildman–Crippen LogP) is 4.46. The van der Waals surface area contributed by atoms with E-state index in [2.05, 4.69) is 19.2 Å². The quantitative estimate of drug-likeness (QED) is 0.301. The first kappa shape index (κ1) is 31.8. The number of hydrogen-bond donors (Lipinski definition) is 1. The molecule has 0 aliphatic carbocycles. The molecule has 0 aromatic heterocycles. The lowest BCUT2D eigenvalue weighted by molar-refractivity contribution is -0.157. The lowest BCUT2D eigenvalue weighted by Gasteiger charge is -2.40. The Morgan fingerprint density at radius 1 is 0.878 bits per heavy atom. The standard InChI is InChI=1S/C32H45N3O6/c1-6-8-10-11-16-33-29(36)21-34-22-30(37)35(17-9-7-2)26(32(34)38)18-23-12-14-24(15-13-23)25-19-27(39-3)31(41-5)28(20-25)40-4/h12-15,19-20,26H,6-11,16-18,21-22H2,1-5H3,(H,33,36). The molecule has 1 aliphatic heterocycles. The number of unbranched alkanes of at least 4 members (excludes halogenated alkanes) is 4. The minimum absolute atomic E-state index is 0.0671. The molecule has 1 unspecified atom stereocenters. The van der Waals surface area contributed by atoms with Gasteiger partial charge in [0.2, 0.25) is 23.5 Å². The lowest BCUT2D eigenvalue weighted by atomic mass is 9.97. The maximum absolute atomic E-state index is 13.6. The fourth-order valence-electron chi connectivity index (χ4n) is 5.10. The van der Waals surface area contributed by atoms with Gasteiger partial charge in [0, 0.05) is 19.5 Å². The average molecular weight is 568 g/mol. The molecular formula is C32H45N3O6. The van der Waals surface area contributed by atoms with Gasteiger partial charge in [-0.1, -0.05) is 63.8 Å². The summed E-state index contributed by atoms with van der Waals surface area (Å²) in [6, 6.07) is 11.0. The second-order valence-electron chi connectivity index (χ2n) is 10.4. The van der Waals surface area contributed by atoms with Crippen LogP contribution in [-0.2, 0) is 20.8 Å². The fourth-order valence-corrected chi connectivity index (χ4v) is 5.10. The molecule has 1 N–H and O–H groups in total. The molecule has 1 fully saturated rings. The van der Waals surface area contributed by atoms with E-state index in [1.54, 1.807) is 26.2 Å². The SMILES string of the molecule is CCCCCCNC(=O)CN1CC(=O)N(CCCC)C(Cc2ccc(-c3cc(OC)c(OC)c(OC)c3)cc2)C1=O. The van der Waals surface area contributed by atoms with Crippen LogP contribution in [0.1, 0.15) is 57.9 Å². The van der Waals surface area contributed by atoms with Crippen LogP contribution in [0.25, 0.3) is 11.1 Å². The summed E-state index contributed by atoms with van der Waals surface area (Å²) in [5.74, 6) is 1.13. The molecule has 224 valence electrons. The Balaban J connectivity index is 1.76. The van der Waals surface area contributed by atoms with Crippen LogP contribution in [-0.4, -0.2) is 81.1 Å². The molecule has 0 bridgehead atoms. The number of ether oxygens (including phenoxy) is 3. The van der Waals surface area contributed by atoms with E-state index in [-0.39, 0.29) is 30.8 Å². The zero-order valence-electron chi connectivity index (χ0n) is 25.2. The van der Waals surface area contributed by atoms with Gasteiger partial charge in [0.05, 0.1) is 21.3 Å². The zero-order chi connectivity index (χ0) is 29.8. The summed E-state index contributed by atoms with van der Waals surface area (Å²) < 4.78 is 16.4. The van der Waals surface area contributed by atoms with Crippen LogP contribution >= 0.6 is 0 Å². The van der Waals surface area contributed by atoms with Gasteiger partial charge in [-0.2, -0.15) is 0 Å². The number of benzene rings is 2. The molecule has 2 aromatic carbocycles. The van der Waals surface area contributed by atoms with Gasteiger partial charge in [-0.3, -0.25) is 14.4 Å². The van der Waals surface area contributed by atoms with E-state index >= 15 is 0 Å². The number of methoxy groups -OCH3 is 3. The van der Waals surface area contributed by atoms with Crippen LogP contribution in [0.2, 0.25) is 0 Å². The van der Waals surface area contributed by atoms with Crippen molar-refractivity contribution in [3.05, 3.63) is 42.0 Å². The average Bonchev–Trinajstić information content (AvgIpc) is 2.98. The first-order valence-corrected chi connectivity index (χ1v) is 14.6. The van der Waals surface area contributed by atoms with Crippen molar-refractivity contribution in [1.29, 1.82) is 0 Å². The van der Waals surface area contributed by atoms with Gasteiger partial charge in [0.25, 0.3) is 0 Å². The summed E-state index contributed by atoms with van der Waals surface area (Å²) in [5.41, 5.74) is 2.77. The fraction of sp³-hybridized carbons (Fsp3) is 0.531. The van der Waals surface area contributed by atoms with Crippen molar-refractivity contribution in [2.45, 2.75) is 64.8 Å². The van der Waals surface area contributed by atoms with E-state index in [4.69, 9.17) is 14.2 Å². The maximum atomic E-state index is 13.6. The van der Waals surface area contributed by atoms with Crippen molar-refractivity contribution < 1.29 is 28.6 Å². The van der Waals surface area contributed by atoms with Crippen LogP contribution < -0.4 is 19.5 Å². The molecular weight excluding hydrogens is 522 g/mol. The summed E-state index contributed by atoms with van der Waals surface area (Å²) in [5, 5.41) is 2.90. The van der Waals surface area contributed by atoms with Crippen LogP contribution in [0.4, 0.5) is 0 Å². The summed E-state index contributed by atoms with van der Waals surface area (Å²) in [4.78, 5) is 42.4. The van der Waals surface area contributed by atoms with Crippen molar-refractivity contribution >= 4 is 17.7 Å². The number of piperazine rings is 1. The van der Waals surface area contributed by atoms with E-state index in [1.165, 1.54) is 4.90 Å². The Hall–Kier alpha value is -3.75. The third-order valence-electron chi connectivity index (χ3n) is 7.44. The Labute approximate surface area is 244 Å². The molecule has 1 aliphatic rings. The van der Waals surface area contributed by atoms with Crippen molar-refractivity contribution in [2.24, 2.45) is 0 Å². The van der Waals surface area contributed by atoms with Crippen LogP contribution in [0.5, 0.6) is 17.2 Å². The molecule has 2 aromatic rings. The first-order chi connectivity index (χ1) is 19.9. The van der Waals surface area contributed by atoms with Crippen LogP contribution in [0.15, 0.2) is 36.4 Å². The molecule has 1 heterocycles. The van der Waals surface area contributed by atoms with Crippen molar-refractivity contribution in [3.8, 4) is 28.4 Å². The molecule has 0 radical (unpaired) electrons. The lowest BCUT2D eigenvalue weighted by Crippen LogP contribution is -2.62. The second kappa shape index (κ2) is 15.9. The molecule has 41 heavy (non-hydrogen) atoms. The highest BCUT2D eigenvalue weighted by Crippen LogP contribution is 2.41. The molecule has 9 heteroatoms. The van der Waals surface area contributed by atoms with E-state index in [9.17, 15) is 14.4 Å². The molecule has 0 spiro atoms. The second-order valence-corrected chi connectivity index (χ2v) is 10.4. The number of nitrogens with one attached hydrogen (secondary N) is 1. The highest BCUT2D eigenvalue weighted by molar-refractivity contribution is 5.97. The van der Waals surface area contributed by atoms with E-state index in [1.807, 2.05) is 36.4 Å². The number of rotatable bonds is 16. The summed E-state index contributed by atoms with van der Waals surface area (Å²) in [6.07, 6.45) is 6.33. The minimum Gasteiger partial charge on any atom is -0.493 e. The number of carbonyl (C=O) groups excluding carboxylic acids is 3. The third kappa shape index (κ3) is 8.38. The third-order valence-corrected chi connectivity index (χ3v) is 7.44. The molecule has 3 rings (SSSR count). The largest absolute Gasteiger partial charge is 0.493 e. The number of carbonyl (C=O) groups is 3. The van der Waals surface area contributed by atoms with Crippen LogP contribution in [0, 0.1) is 0 Å². The predicted molar refractivity (Wildman–Crippen MR) is 159 cm³/mol. The smallest absolute Gasteiger partial charge is 0.246 e. The Bertz CT molecular complexity index is 1140. The van der Waals surface area contributed by atoms with Gasteiger partial charge in [0.1, 0.15) is 19.1 Å². The van der Waals surface area contributed by atoms with E-state index in [0.29, 0.717) is 36.8 Å². The Kier molecular flexibility index (Phi) is 12.3. The van der Waals surface area contributed by atoms with E-state index < -0.39 is 6.04 Å². The van der Waals surface area contributed by atoms with Crippen molar-refractivity contribution in [2.75, 3.05) is 47.5 Å². The topological polar surface area (TPSA) is 97.4 Å². The number of amides is 3.